The highest BCUT2D eigenvalue weighted by Crippen LogP contribution is 2.46. The van der Waals surface area contributed by atoms with Gasteiger partial charge in [0.15, 0.2) is 16.3 Å². The standard InChI is InChI=1S/C37H29N3O13/c1-4-12(2)18-9-16-24(36(51)40(18)11-21(43)39-10-17(37(52)53)38-35(50)13(39)3)31(46)22-14(29(16)44)5-6-15-23(22)32(47)28-27(30(15)45)33(48)25-19(41)7-8-20(42)26(25)34(28)49/h5-9,12-13,17,44-45,48-49H,4,10-11H2,1-3H3,(H,38,50)(H,52,53). The highest BCUT2D eigenvalue weighted by Gasteiger charge is 2.38. The molecule has 6 N–H and O–H groups in total. The second-order valence-electron chi connectivity index (χ2n) is 13.2. The molecule has 1 fully saturated rings. The molecule has 1 aliphatic rings. The van der Waals surface area contributed by atoms with Crippen LogP contribution in [-0.4, -0.2) is 71.4 Å². The largest absolute Gasteiger partial charge is 0.507 e. The van der Waals surface area contributed by atoms with Crippen molar-refractivity contribution in [2.24, 2.45) is 0 Å². The maximum Gasteiger partial charge on any atom is 0.328 e. The minimum atomic E-state index is -1.41. The minimum absolute atomic E-state index is 0.217. The first-order valence-electron chi connectivity index (χ1n) is 16.4. The number of carboxylic acids is 1. The fourth-order valence-electron chi connectivity index (χ4n) is 7.34. The van der Waals surface area contributed by atoms with Crippen LogP contribution in [0.5, 0.6) is 23.0 Å². The Morgan fingerprint density at radius 1 is 0.755 bits per heavy atom. The first-order chi connectivity index (χ1) is 25.0. The van der Waals surface area contributed by atoms with E-state index < -0.39 is 137 Å². The number of aromatic hydroxyl groups is 4. The van der Waals surface area contributed by atoms with Crippen LogP contribution in [0.25, 0.3) is 53.9 Å². The van der Waals surface area contributed by atoms with Crippen LogP contribution in [-0.2, 0) is 20.9 Å². The molecule has 16 heteroatoms. The Balaban J connectivity index is 1.57. The normalized spacial score (nSPS) is 16.9. The second-order valence-corrected chi connectivity index (χ2v) is 13.2. The van der Waals surface area contributed by atoms with Crippen molar-refractivity contribution in [2.75, 3.05) is 6.54 Å². The third kappa shape index (κ3) is 4.74. The molecule has 0 aliphatic carbocycles. The van der Waals surface area contributed by atoms with Gasteiger partial charge < -0.3 is 40.3 Å². The number of nitrogens with zero attached hydrogens (tertiary/aromatic N) is 2. The van der Waals surface area contributed by atoms with Gasteiger partial charge >= 0.3 is 5.97 Å². The lowest BCUT2D eigenvalue weighted by Crippen LogP contribution is -2.63. The van der Waals surface area contributed by atoms with E-state index >= 15 is 0 Å². The molecule has 16 nitrogen and oxygen atoms in total. The Labute approximate surface area is 294 Å². The van der Waals surface area contributed by atoms with Crippen LogP contribution in [0.2, 0.25) is 0 Å². The number of fused-ring (bicyclic) bond motifs is 6. The average molecular weight is 724 g/mol. The van der Waals surface area contributed by atoms with Crippen LogP contribution in [0, 0.1) is 0 Å². The van der Waals surface area contributed by atoms with Crippen LogP contribution in [0.15, 0.2) is 54.3 Å². The summed E-state index contributed by atoms with van der Waals surface area (Å²) in [7, 11) is 0. The number of carbonyl (C=O) groups excluding carboxylic acids is 2. The number of rotatable bonds is 5. The summed E-state index contributed by atoms with van der Waals surface area (Å²) in [6, 6.07) is 2.88. The fraction of sp³-hybridized carbons (Fsp3) is 0.243. The molecule has 53 heavy (non-hydrogen) atoms. The van der Waals surface area contributed by atoms with Crippen molar-refractivity contribution in [1.82, 2.24) is 14.8 Å². The maximum absolute atomic E-state index is 14.5. The van der Waals surface area contributed by atoms with Gasteiger partial charge in [0, 0.05) is 32.6 Å². The molecule has 1 saturated heterocycles. The van der Waals surface area contributed by atoms with E-state index in [-0.39, 0.29) is 21.9 Å². The molecule has 1 aliphatic heterocycles. The summed E-state index contributed by atoms with van der Waals surface area (Å²) in [5.41, 5.74) is -4.94. The van der Waals surface area contributed by atoms with Crippen LogP contribution >= 0.6 is 0 Å². The predicted molar refractivity (Wildman–Crippen MR) is 192 cm³/mol. The number of aromatic nitrogens is 1. The van der Waals surface area contributed by atoms with Gasteiger partial charge in [-0.25, -0.2) is 4.79 Å². The number of phenolic OH excluding ortho intramolecular Hbond substituents is 4. The highest BCUT2D eigenvalue weighted by molar-refractivity contribution is 6.23. The Bertz CT molecular complexity index is 2980. The van der Waals surface area contributed by atoms with Crippen molar-refractivity contribution in [2.45, 2.75) is 51.7 Å². The average Bonchev–Trinajstić information content (AvgIpc) is 3.12. The molecular weight excluding hydrogens is 694 g/mol. The van der Waals surface area contributed by atoms with E-state index in [0.29, 0.717) is 6.42 Å². The molecular formula is C37H29N3O13. The predicted octanol–water partition coefficient (Wildman–Crippen LogP) is 1.07. The van der Waals surface area contributed by atoms with E-state index in [9.17, 15) is 63.9 Å². The molecule has 0 radical (unpaired) electrons. The maximum atomic E-state index is 14.5. The zero-order chi connectivity index (χ0) is 38.5. The van der Waals surface area contributed by atoms with Gasteiger partial charge in [0.2, 0.25) is 17.2 Å². The van der Waals surface area contributed by atoms with E-state index in [0.717, 1.165) is 27.7 Å². The molecule has 0 saturated carbocycles. The SMILES string of the molecule is CCC(C)c1cc2c(O)c3ccc4c(O)c5c(O)c6c(=O)ccc(=O)c6c(O)c5c(=O)c4c3c(=O)c2c(=O)n1CC(=O)N1CC(C(=O)O)NC(=O)C1C. The van der Waals surface area contributed by atoms with Gasteiger partial charge in [-0.3, -0.25) is 33.6 Å². The molecule has 7 rings (SSSR count). The van der Waals surface area contributed by atoms with Crippen molar-refractivity contribution in [1.29, 1.82) is 0 Å². The Morgan fingerprint density at radius 2 is 1.30 bits per heavy atom. The van der Waals surface area contributed by atoms with E-state index in [4.69, 9.17) is 0 Å². The van der Waals surface area contributed by atoms with Gasteiger partial charge in [-0.05, 0) is 49.6 Å². The third-order valence-corrected chi connectivity index (χ3v) is 10.3. The number of amides is 2. The van der Waals surface area contributed by atoms with Gasteiger partial charge in [0.25, 0.3) is 5.56 Å². The number of piperazine rings is 1. The van der Waals surface area contributed by atoms with Gasteiger partial charge in [0.1, 0.15) is 41.6 Å². The van der Waals surface area contributed by atoms with Crippen LogP contribution in [0.4, 0.5) is 0 Å². The summed E-state index contributed by atoms with van der Waals surface area (Å²) in [5.74, 6) is -6.82. The molecule has 5 aromatic carbocycles. The number of aliphatic carboxylic acids is 1. The number of phenols is 4. The number of pyridine rings is 1. The molecule has 3 unspecified atom stereocenters. The molecule has 2 heterocycles. The molecule has 2 amide bonds. The van der Waals surface area contributed by atoms with Crippen molar-refractivity contribution in [3.63, 3.8) is 0 Å². The Hall–Kier alpha value is -6.84. The number of hydrogen-bond donors (Lipinski definition) is 6. The number of carboxylic acid groups (broad SMARTS) is 1. The molecule has 1 aromatic heterocycles. The van der Waals surface area contributed by atoms with Gasteiger partial charge in [-0.15, -0.1) is 0 Å². The Morgan fingerprint density at radius 3 is 1.87 bits per heavy atom. The topological polar surface area (TPSA) is 258 Å². The summed E-state index contributed by atoms with van der Waals surface area (Å²) < 4.78 is 0.989. The molecule has 0 bridgehead atoms. The molecule has 0 spiro atoms. The summed E-state index contributed by atoms with van der Waals surface area (Å²) in [5, 5.41) is 51.7. The first kappa shape index (κ1) is 34.6. The number of benzene rings is 5. The molecule has 270 valence electrons. The highest BCUT2D eigenvalue weighted by atomic mass is 16.4. The molecule has 3 atom stereocenters. The first-order valence-corrected chi connectivity index (χ1v) is 16.4. The zero-order valence-corrected chi connectivity index (χ0v) is 28.1. The molecule has 6 aromatic rings. The zero-order valence-electron chi connectivity index (χ0n) is 28.1. The lowest BCUT2D eigenvalue weighted by molar-refractivity contribution is -0.151. The van der Waals surface area contributed by atoms with Crippen molar-refractivity contribution in [3.05, 3.63) is 87.3 Å². The monoisotopic (exact) mass is 723 g/mol. The van der Waals surface area contributed by atoms with E-state index in [1.807, 2.05) is 0 Å². The summed E-state index contributed by atoms with van der Waals surface area (Å²) in [4.78, 5) is 107. The second kappa shape index (κ2) is 11.9. The van der Waals surface area contributed by atoms with E-state index in [1.54, 1.807) is 13.8 Å². The van der Waals surface area contributed by atoms with E-state index in [1.165, 1.54) is 19.1 Å². The van der Waals surface area contributed by atoms with Crippen molar-refractivity contribution in [3.8, 4) is 23.0 Å². The number of nitrogens with one attached hydrogen (secondary N) is 1. The van der Waals surface area contributed by atoms with Gasteiger partial charge in [0.05, 0.1) is 33.5 Å². The lowest BCUT2D eigenvalue weighted by Gasteiger charge is -2.36. The summed E-state index contributed by atoms with van der Waals surface area (Å²) in [6.07, 6.45) is 0.432. The van der Waals surface area contributed by atoms with Crippen molar-refractivity contribution >= 4 is 71.6 Å². The third-order valence-electron chi connectivity index (χ3n) is 10.3. The minimum Gasteiger partial charge on any atom is -0.507 e. The van der Waals surface area contributed by atoms with Gasteiger partial charge in [-0.1, -0.05) is 13.8 Å². The summed E-state index contributed by atoms with van der Waals surface area (Å²) >= 11 is 0. The lowest BCUT2D eigenvalue weighted by atomic mass is 9.91. The quantitative estimate of drug-likeness (QED) is 0.0828. The Kier molecular flexibility index (Phi) is 7.75. The smallest absolute Gasteiger partial charge is 0.328 e. The van der Waals surface area contributed by atoms with Crippen molar-refractivity contribution < 1.29 is 39.9 Å². The van der Waals surface area contributed by atoms with Crippen LogP contribution in [0.3, 0.4) is 0 Å². The fourth-order valence-corrected chi connectivity index (χ4v) is 7.34. The van der Waals surface area contributed by atoms with Gasteiger partial charge in [-0.2, -0.15) is 0 Å². The van der Waals surface area contributed by atoms with Crippen LogP contribution < -0.4 is 32.6 Å². The van der Waals surface area contributed by atoms with E-state index in [2.05, 4.69) is 5.32 Å². The van der Waals surface area contributed by atoms with Crippen LogP contribution in [0.1, 0.15) is 38.8 Å². The summed E-state index contributed by atoms with van der Waals surface area (Å²) in [6.45, 7) is 3.77. The number of hydrogen-bond acceptors (Lipinski definition) is 12. The number of carbonyl (C=O) groups is 3.